The number of carbonyl (C=O) groups excluding carboxylic acids is 1. The van der Waals surface area contributed by atoms with Crippen molar-refractivity contribution < 1.29 is 32.3 Å². The molecule has 0 radical (unpaired) electrons. The first kappa shape index (κ1) is 44.6. The van der Waals surface area contributed by atoms with E-state index < -0.39 is 36.3 Å². The van der Waals surface area contributed by atoms with Gasteiger partial charge in [-0.2, -0.15) is 0 Å². The van der Waals surface area contributed by atoms with Gasteiger partial charge in [-0.25, -0.2) is 0 Å². The van der Waals surface area contributed by atoms with Crippen molar-refractivity contribution in [1.82, 2.24) is 0 Å². The van der Waals surface area contributed by atoms with Gasteiger partial charge in [0.25, 0.3) is 0 Å². The molecule has 0 bridgehead atoms. The van der Waals surface area contributed by atoms with Crippen LogP contribution in [0, 0.1) is 5.92 Å². The monoisotopic (exact) mass is 740 g/mol. The molecule has 2 rings (SSSR count). The van der Waals surface area contributed by atoms with Gasteiger partial charge in [0.1, 0.15) is 6.61 Å². The second-order valence-corrected chi connectivity index (χ2v) is 29.7. The molecule has 0 aromatic heterocycles. The van der Waals surface area contributed by atoms with E-state index >= 15 is 0 Å². The van der Waals surface area contributed by atoms with E-state index in [2.05, 4.69) is 89.3 Å². The van der Waals surface area contributed by atoms with Crippen molar-refractivity contribution in [3.05, 3.63) is 24.8 Å². The van der Waals surface area contributed by atoms with Crippen LogP contribution < -0.4 is 0 Å². The lowest BCUT2D eigenvalue weighted by molar-refractivity contribution is -0.346. The molecule has 7 nitrogen and oxygen atoms in total. The van der Waals surface area contributed by atoms with Crippen molar-refractivity contribution in [2.24, 2.45) is 5.92 Å². The molecule has 0 aliphatic carbocycles. The van der Waals surface area contributed by atoms with Crippen LogP contribution in [0.5, 0.6) is 0 Å². The first-order valence-electron chi connectivity index (χ1n) is 20.0. The number of hydrogen-bond acceptors (Lipinski definition) is 7. The first-order chi connectivity index (χ1) is 23.2. The van der Waals surface area contributed by atoms with Gasteiger partial charge in [0.05, 0.1) is 30.3 Å². The third kappa shape index (κ3) is 12.2. The van der Waals surface area contributed by atoms with E-state index in [4.69, 9.17) is 27.5 Å². The predicted molar refractivity (Wildman–Crippen MR) is 212 cm³/mol. The highest BCUT2D eigenvalue weighted by atomic mass is 28.4. The summed E-state index contributed by atoms with van der Waals surface area (Å²) in [4.78, 5) is 13.0. The molecule has 0 unspecified atom stereocenters. The normalized spacial score (nSPS) is 27.2. The van der Waals surface area contributed by atoms with Crippen molar-refractivity contribution in [2.75, 3.05) is 13.2 Å². The summed E-state index contributed by atoms with van der Waals surface area (Å²) in [5.41, 5.74) is 0.722. The molecule has 2 heterocycles. The Morgan fingerprint density at radius 2 is 1.35 bits per heavy atom. The Balaban J connectivity index is 2.50. The summed E-state index contributed by atoms with van der Waals surface area (Å²) in [6.07, 6.45) is 4.63. The SMILES string of the molecule is C=CCOC(=O)C[C@H]1C[C@H](O[Si](CC)(CC)CC)C[C@@]2(C[C@@](C)(O[Si](CC)(CC)CC)C[C@H](CC(=C)[C@@H](C)CO[Si](CC)(CC)CC)O2)O1. The maximum atomic E-state index is 13.0. The van der Waals surface area contributed by atoms with E-state index in [1.165, 1.54) is 0 Å². The second-order valence-electron chi connectivity index (χ2n) is 15.5. The lowest BCUT2D eigenvalue weighted by Gasteiger charge is -2.55. The lowest BCUT2D eigenvalue weighted by Crippen LogP contribution is -2.61. The Hall–Kier alpha value is -0.599. The van der Waals surface area contributed by atoms with Crippen LogP contribution in [0.3, 0.4) is 0 Å². The van der Waals surface area contributed by atoms with Gasteiger partial charge < -0.3 is 27.5 Å². The van der Waals surface area contributed by atoms with E-state index in [1.54, 1.807) is 6.08 Å². The quantitative estimate of drug-likeness (QED) is 0.0587. The average molecular weight is 741 g/mol. The van der Waals surface area contributed by atoms with Crippen LogP contribution in [0.25, 0.3) is 0 Å². The van der Waals surface area contributed by atoms with E-state index in [1.807, 2.05) is 0 Å². The van der Waals surface area contributed by atoms with Crippen molar-refractivity contribution in [3.63, 3.8) is 0 Å². The van der Waals surface area contributed by atoms with Crippen LogP contribution >= 0.6 is 0 Å². The zero-order chi connectivity index (χ0) is 36.9. The van der Waals surface area contributed by atoms with Crippen molar-refractivity contribution >= 4 is 30.9 Å². The minimum atomic E-state index is -1.98. The highest BCUT2D eigenvalue weighted by Crippen LogP contribution is 2.49. The van der Waals surface area contributed by atoms with Crippen LogP contribution in [-0.2, 0) is 32.3 Å². The summed E-state index contributed by atoms with van der Waals surface area (Å²) >= 11 is 0. The number of carbonyl (C=O) groups is 1. The molecule has 2 aliphatic heterocycles. The summed E-state index contributed by atoms with van der Waals surface area (Å²) in [6.45, 7) is 34.3. The molecule has 1 spiro atoms. The highest BCUT2D eigenvalue weighted by molar-refractivity contribution is 6.74. The molecule has 2 aliphatic rings. The fourth-order valence-corrected chi connectivity index (χ4v) is 17.2. The zero-order valence-corrected chi connectivity index (χ0v) is 36.7. The Morgan fingerprint density at radius 1 is 0.816 bits per heavy atom. The molecule has 0 aromatic carbocycles. The largest absolute Gasteiger partial charge is 0.461 e. The highest BCUT2D eigenvalue weighted by Gasteiger charge is 2.55. The summed E-state index contributed by atoms with van der Waals surface area (Å²) in [5, 5.41) is 0. The molecule has 286 valence electrons. The molecule has 49 heavy (non-hydrogen) atoms. The molecule has 0 saturated carbocycles. The fourth-order valence-electron chi connectivity index (χ4n) is 8.44. The van der Waals surface area contributed by atoms with Crippen LogP contribution in [0.2, 0.25) is 54.4 Å². The standard InChI is InChI=1S/C39H76O7Si3/c1-14-24-41-37(40)27-34-26-36(45-48(18-5,19-6)20-7)29-39(43-34)31-38(13,46-49(21-8,22-9)23-10)28-35(44-39)25-32(11)33(12)30-42-47(15-2,16-3)17-4/h14,33-36H,1,11,15-31H2,2-10,12-13H3/t33-,34+,35-,36-,38-,39+/m0/s1. The number of ether oxygens (including phenoxy) is 3. The van der Waals surface area contributed by atoms with Gasteiger partial charge in [-0.05, 0) is 80.1 Å². The van der Waals surface area contributed by atoms with Crippen LogP contribution in [-0.4, -0.2) is 73.8 Å². The van der Waals surface area contributed by atoms with E-state index in [0.717, 1.165) is 72.8 Å². The van der Waals surface area contributed by atoms with Gasteiger partial charge in [0, 0.05) is 25.9 Å². The molecular formula is C39H76O7Si3. The Labute approximate surface area is 305 Å². The summed E-state index contributed by atoms with van der Waals surface area (Å²) in [5.74, 6) is -0.982. The van der Waals surface area contributed by atoms with Gasteiger partial charge in [0.15, 0.2) is 30.7 Å². The molecule has 0 N–H and O–H groups in total. The smallest absolute Gasteiger partial charge is 0.308 e. The van der Waals surface area contributed by atoms with Gasteiger partial charge in [0.2, 0.25) is 0 Å². The lowest BCUT2D eigenvalue weighted by atomic mass is 9.80. The minimum absolute atomic E-state index is 0.0586. The average Bonchev–Trinajstić information content (AvgIpc) is 3.08. The van der Waals surface area contributed by atoms with Gasteiger partial charge in [-0.15, -0.1) is 0 Å². The van der Waals surface area contributed by atoms with Crippen molar-refractivity contribution in [3.8, 4) is 0 Å². The van der Waals surface area contributed by atoms with Gasteiger partial charge >= 0.3 is 5.97 Å². The molecule has 6 atom stereocenters. The van der Waals surface area contributed by atoms with E-state index in [-0.39, 0.29) is 43.2 Å². The summed E-state index contributed by atoms with van der Waals surface area (Å²) < 4.78 is 40.9. The first-order valence-corrected chi connectivity index (χ1v) is 27.6. The third-order valence-corrected chi connectivity index (χ3v) is 26.5. The van der Waals surface area contributed by atoms with Crippen LogP contribution in [0.4, 0.5) is 0 Å². The number of hydrogen-bond donors (Lipinski definition) is 0. The van der Waals surface area contributed by atoms with E-state index in [0.29, 0.717) is 25.9 Å². The zero-order valence-electron chi connectivity index (χ0n) is 33.7. The number of rotatable bonds is 23. The van der Waals surface area contributed by atoms with Gasteiger partial charge in [-0.1, -0.05) is 94.0 Å². The molecule has 0 aromatic rings. The third-order valence-electron chi connectivity index (χ3n) is 12.4. The topological polar surface area (TPSA) is 72.5 Å². The Bertz CT molecular complexity index is 1000. The van der Waals surface area contributed by atoms with Crippen molar-refractivity contribution in [2.45, 2.75) is 199 Å². The maximum absolute atomic E-state index is 13.0. The maximum Gasteiger partial charge on any atom is 0.308 e. The van der Waals surface area contributed by atoms with Crippen LogP contribution in [0.1, 0.15) is 115 Å². The second kappa shape index (κ2) is 20.0. The summed E-state index contributed by atoms with van der Waals surface area (Å²) in [7, 11) is -5.63. The van der Waals surface area contributed by atoms with E-state index in [9.17, 15) is 4.79 Å². The van der Waals surface area contributed by atoms with Gasteiger partial charge in [-0.3, -0.25) is 4.79 Å². The molecular weight excluding hydrogens is 665 g/mol. The minimum Gasteiger partial charge on any atom is -0.461 e. The Kier molecular flexibility index (Phi) is 18.2. The summed E-state index contributed by atoms with van der Waals surface area (Å²) in [6, 6.07) is 9.86. The number of esters is 1. The molecule has 2 fully saturated rings. The fraction of sp³-hybridized carbons (Fsp3) is 0.872. The Morgan fingerprint density at radius 3 is 1.86 bits per heavy atom. The van der Waals surface area contributed by atoms with Crippen molar-refractivity contribution in [1.29, 1.82) is 0 Å². The molecule has 10 heteroatoms. The molecule has 2 saturated heterocycles. The van der Waals surface area contributed by atoms with Crippen LogP contribution in [0.15, 0.2) is 24.8 Å². The molecule has 0 amide bonds. The predicted octanol–water partition coefficient (Wildman–Crippen LogP) is 10.9.